The Kier molecular flexibility index (Phi) is 3.73. The predicted molar refractivity (Wildman–Crippen MR) is 107 cm³/mol. The molecule has 6 atom stereocenters. The Balaban J connectivity index is 1.48. The second-order valence-corrected chi connectivity index (χ2v) is 9.81. The first-order valence-corrected chi connectivity index (χ1v) is 10.6. The molecule has 26 heavy (non-hydrogen) atoms. The standard InChI is InChI=1S/C24H32N2/c1-23-11-9-18(25)14-17(23)5-6-19-21-8-7-20(16-4-3-13-26-15-16)24(21,2)12-10-22(19)23/h3-5,7,13,15,18-19,21-22H,6,8-12,14,25H2,1-2H3/t18-,19+,21+,22+,23+,24-/m1/s1. The molecule has 0 radical (unpaired) electrons. The Morgan fingerprint density at radius 2 is 1.88 bits per heavy atom. The third-order valence-electron chi connectivity index (χ3n) is 8.70. The van der Waals surface area contributed by atoms with Gasteiger partial charge in [-0.1, -0.05) is 37.6 Å². The zero-order valence-corrected chi connectivity index (χ0v) is 16.2. The van der Waals surface area contributed by atoms with E-state index in [2.05, 4.69) is 49.3 Å². The molecule has 5 rings (SSSR count). The van der Waals surface area contributed by atoms with Crippen LogP contribution in [-0.2, 0) is 0 Å². The molecule has 1 aromatic heterocycles. The molecule has 0 unspecified atom stereocenters. The summed E-state index contributed by atoms with van der Waals surface area (Å²) in [6, 6.07) is 4.73. The summed E-state index contributed by atoms with van der Waals surface area (Å²) in [7, 11) is 0. The van der Waals surface area contributed by atoms with Crippen LogP contribution in [0.4, 0.5) is 0 Å². The summed E-state index contributed by atoms with van der Waals surface area (Å²) in [5.41, 5.74) is 11.7. The van der Waals surface area contributed by atoms with Crippen LogP contribution >= 0.6 is 0 Å². The van der Waals surface area contributed by atoms with Gasteiger partial charge in [-0.15, -0.1) is 0 Å². The molecule has 4 aliphatic rings. The number of nitrogens with two attached hydrogens (primary N) is 1. The zero-order valence-electron chi connectivity index (χ0n) is 16.2. The highest BCUT2D eigenvalue weighted by molar-refractivity contribution is 5.72. The van der Waals surface area contributed by atoms with Gasteiger partial charge in [0.05, 0.1) is 0 Å². The number of fused-ring (bicyclic) bond motifs is 5. The van der Waals surface area contributed by atoms with Gasteiger partial charge in [0, 0.05) is 18.4 Å². The summed E-state index contributed by atoms with van der Waals surface area (Å²) in [6.45, 7) is 5.10. The number of hydrogen-bond acceptors (Lipinski definition) is 2. The van der Waals surface area contributed by atoms with Gasteiger partial charge in [0.2, 0.25) is 0 Å². The first-order valence-electron chi connectivity index (χ1n) is 10.6. The molecule has 0 bridgehead atoms. The summed E-state index contributed by atoms with van der Waals surface area (Å²) in [5, 5.41) is 0. The van der Waals surface area contributed by atoms with Crippen molar-refractivity contribution in [2.24, 2.45) is 34.3 Å². The molecular weight excluding hydrogens is 316 g/mol. The molecule has 0 aromatic carbocycles. The molecule has 1 aromatic rings. The smallest absolute Gasteiger partial charge is 0.0343 e. The average Bonchev–Trinajstić information content (AvgIpc) is 3.00. The molecule has 0 spiro atoms. The summed E-state index contributed by atoms with van der Waals surface area (Å²) in [4.78, 5) is 4.39. The van der Waals surface area contributed by atoms with Crippen LogP contribution in [0.2, 0.25) is 0 Å². The van der Waals surface area contributed by atoms with Crippen LogP contribution in [0.15, 0.2) is 42.3 Å². The van der Waals surface area contributed by atoms with Crippen LogP contribution in [0, 0.1) is 28.6 Å². The quantitative estimate of drug-likeness (QED) is 0.693. The first kappa shape index (κ1) is 16.7. The molecule has 2 saturated carbocycles. The third kappa shape index (κ3) is 2.24. The fourth-order valence-electron chi connectivity index (χ4n) is 7.23. The van der Waals surface area contributed by atoms with E-state index in [1.165, 1.54) is 44.1 Å². The van der Waals surface area contributed by atoms with Gasteiger partial charge < -0.3 is 5.73 Å². The van der Waals surface area contributed by atoms with Gasteiger partial charge in [0.1, 0.15) is 0 Å². The van der Waals surface area contributed by atoms with Gasteiger partial charge in [-0.25, -0.2) is 0 Å². The zero-order chi connectivity index (χ0) is 17.9. The lowest BCUT2D eigenvalue weighted by Crippen LogP contribution is -2.50. The van der Waals surface area contributed by atoms with Gasteiger partial charge in [-0.3, -0.25) is 4.98 Å². The van der Waals surface area contributed by atoms with E-state index in [4.69, 9.17) is 5.73 Å². The minimum absolute atomic E-state index is 0.330. The third-order valence-corrected chi connectivity index (χ3v) is 8.70. The summed E-state index contributed by atoms with van der Waals surface area (Å²) < 4.78 is 0. The van der Waals surface area contributed by atoms with E-state index in [-0.39, 0.29) is 0 Å². The van der Waals surface area contributed by atoms with Crippen molar-refractivity contribution in [1.82, 2.24) is 4.98 Å². The van der Waals surface area contributed by atoms with Crippen molar-refractivity contribution in [3.63, 3.8) is 0 Å². The van der Waals surface area contributed by atoms with Crippen molar-refractivity contribution in [2.75, 3.05) is 0 Å². The molecule has 2 fully saturated rings. The maximum atomic E-state index is 6.30. The van der Waals surface area contributed by atoms with E-state index < -0.39 is 0 Å². The Morgan fingerprint density at radius 1 is 1.04 bits per heavy atom. The highest BCUT2D eigenvalue weighted by Gasteiger charge is 2.56. The van der Waals surface area contributed by atoms with Gasteiger partial charge in [-0.2, -0.15) is 0 Å². The van der Waals surface area contributed by atoms with E-state index in [1.54, 1.807) is 11.1 Å². The van der Waals surface area contributed by atoms with E-state index in [0.717, 1.165) is 24.2 Å². The second-order valence-electron chi connectivity index (χ2n) is 9.81. The minimum atomic E-state index is 0.330. The van der Waals surface area contributed by atoms with E-state index in [1.807, 2.05) is 6.20 Å². The average molecular weight is 349 g/mol. The molecule has 1 heterocycles. The van der Waals surface area contributed by atoms with Crippen molar-refractivity contribution in [1.29, 1.82) is 0 Å². The molecule has 0 aliphatic heterocycles. The summed E-state index contributed by atoms with van der Waals surface area (Å²) in [5.74, 6) is 2.48. The molecule has 2 N–H and O–H groups in total. The maximum Gasteiger partial charge on any atom is 0.0343 e. The lowest BCUT2D eigenvalue weighted by atomic mass is 9.47. The van der Waals surface area contributed by atoms with Crippen LogP contribution in [0.5, 0.6) is 0 Å². The molecule has 0 amide bonds. The highest BCUT2D eigenvalue weighted by Crippen LogP contribution is 2.66. The first-order chi connectivity index (χ1) is 12.5. The van der Waals surface area contributed by atoms with Crippen molar-refractivity contribution in [3.05, 3.63) is 47.8 Å². The Labute approximate surface area is 158 Å². The van der Waals surface area contributed by atoms with Gasteiger partial charge in [0.15, 0.2) is 0 Å². The predicted octanol–water partition coefficient (Wildman–Crippen LogP) is 5.37. The van der Waals surface area contributed by atoms with Gasteiger partial charge in [0.25, 0.3) is 0 Å². The number of hydrogen-bond donors (Lipinski definition) is 1. The Morgan fingerprint density at radius 3 is 2.69 bits per heavy atom. The molecule has 2 heteroatoms. The van der Waals surface area contributed by atoms with Gasteiger partial charge >= 0.3 is 0 Å². The molecule has 138 valence electrons. The minimum Gasteiger partial charge on any atom is -0.327 e. The molecule has 0 saturated heterocycles. The number of allylic oxidation sites excluding steroid dienone is 3. The van der Waals surface area contributed by atoms with Crippen molar-refractivity contribution in [2.45, 2.75) is 64.8 Å². The lowest BCUT2D eigenvalue weighted by Gasteiger charge is -2.57. The van der Waals surface area contributed by atoms with E-state index in [9.17, 15) is 0 Å². The van der Waals surface area contributed by atoms with Crippen molar-refractivity contribution < 1.29 is 0 Å². The monoisotopic (exact) mass is 348 g/mol. The number of aromatic nitrogens is 1. The van der Waals surface area contributed by atoms with E-state index >= 15 is 0 Å². The lowest BCUT2D eigenvalue weighted by molar-refractivity contribution is -0.0113. The maximum absolute atomic E-state index is 6.30. The highest BCUT2D eigenvalue weighted by atomic mass is 14.7. The Bertz CT molecular complexity index is 764. The normalized spacial score (nSPS) is 44.4. The summed E-state index contributed by atoms with van der Waals surface area (Å²) in [6.07, 6.45) is 18.0. The van der Waals surface area contributed by atoms with Crippen LogP contribution in [-0.4, -0.2) is 11.0 Å². The molecule has 4 aliphatic carbocycles. The number of pyridine rings is 1. The number of nitrogens with zero attached hydrogens (tertiary/aromatic N) is 1. The summed E-state index contributed by atoms with van der Waals surface area (Å²) >= 11 is 0. The fraction of sp³-hybridized carbons (Fsp3) is 0.625. The SMILES string of the molecule is C[C@]12CC[C@@H](N)CC1=CC[C@@H]1[C@@H]2CC[C@]2(C)C(c3cccnc3)=CC[C@@H]12. The molecule has 2 nitrogen and oxygen atoms in total. The van der Waals surface area contributed by atoms with Crippen LogP contribution < -0.4 is 5.73 Å². The van der Waals surface area contributed by atoms with Crippen molar-refractivity contribution in [3.8, 4) is 0 Å². The second kappa shape index (κ2) is 5.79. The topological polar surface area (TPSA) is 38.9 Å². The largest absolute Gasteiger partial charge is 0.327 e. The Hall–Kier alpha value is -1.41. The number of rotatable bonds is 1. The molecular formula is C24H32N2. The van der Waals surface area contributed by atoms with Crippen molar-refractivity contribution >= 4 is 5.57 Å². The van der Waals surface area contributed by atoms with Crippen LogP contribution in [0.1, 0.15) is 64.4 Å². The van der Waals surface area contributed by atoms with Crippen LogP contribution in [0.25, 0.3) is 5.57 Å². The van der Waals surface area contributed by atoms with Crippen LogP contribution in [0.3, 0.4) is 0 Å². The van der Waals surface area contributed by atoms with Gasteiger partial charge in [-0.05, 0) is 90.7 Å². The fourth-order valence-corrected chi connectivity index (χ4v) is 7.23. The van der Waals surface area contributed by atoms with E-state index in [0.29, 0.717) is 16.9 Å².